The number of carbonyl (C=O) groups is 3. The topological polar surface area (TPSA) is 105 Å². The Balaban J connectivity index is 1.71. The third-order valence-electron chi connectivity index (χ3n) is 4.92. The molecule has 1 heterocycles. The number of aromatic nitrogens is 2. The zero-order chi connectivity index (χ0) is 24.0. The Hall–Kier alpha value is -4.01. The maximum atomic E-state index is 13.4. The molecule has 2 aromatic carbocycles. The van der Waals surface area contributed by atoms with Gasteiger partial charge in [0.1, 0.15) is 11.5 Å². The number of carbonyl (C=O) groups excluding carboxylic acids is 3. The van der Waals surface area contributed by atoms with Gasteiger partial charge in [0.05, 0.1) is 18.2 Å². The smallest absolute Gasteiger partial charge is 0.269 e. The van der Waals surface area contributed by atoms with Crippen molar-refractivity contribution in [3.63, 3.8) is 0 Å². The average Bonchev–Trinajstić information content (AvgIpc) is 3.09. The van der Waals surface area contributed by atoms with Crippen molar-refractivity contribution in [2.75, 3.05) is 11.9 Å². The monoisotopic (exact) mass is 451 g/mol. The van der Waals surface area contributed by atoms with Crippen molar-refractivity contribution in [2.24, 2.45) is 7.05 Å². The lowest BCUT2D eigenvalue weighted by Crippen LogP contribution is -2.39. The fourth-order valence-corrected chi connectivity index (χ4v) is 3.45. The van der Waals surface area contributed by atoms with Crippen molar-refractivity contribution >= 4 is 23.4 Å². The molecule has 3 amide bonds. The van der Waals surface area contributed by atoms with Gasteiger partial charge in [-0.25, -0.2) is 4.39 Å². The predicted octanol–water partition coefficient (Wildman–Crippen LogP) is 2.66. The van der Waals surface area contributed by atoms with Crippen molar-refractivity contribution < 1.29 is 18.8 Å². The lowest BCUT2D eigenvalue weighted by molar-refractivity contribution is -0.121. The quantitative estimate of drug-likeness (QED) is 0.490. The highest BCUT2D eigenvalue weighted by atomic mass is 19.1. The summed E-state index contributed by atoms with van der Waals surface area (Å²) in [5.41, 5.74) is 3.07. The molecule has 0 saturated heterocycles. The number of aryl methyl sites for hydroxylation is 2. The molecule has 0 spiro atoms. The summed E-state index contributed by atoms with van der Waals surface area (Å²) >= 11 is 0. The minimum Gasteiger partial charge on any atom is -0.348 e. The molecular weight excluding hydrogens is 425 g/mol. The number of rotatable bonds is 8. The Morgan fingerprint density at radius 2 is 1.82 bits per heavy atom. The number of nitrogens with zero attached hydrogens (tertiary/aromatic N) is 2. The molecule has 1 atom stereocenters. The van der Waals surface area contributed by atoms with Gasteiger partial charge < -0.3 is 16.0 Å². The fraction of sp³-hybridized carbons (Fsp3) is 0.250. The molecule has 0 fully saturated rings. The third-order valence-corrected chi connectivity index (χ3v) is 4.92. The van der Waals surface area contributed by atoms with E-state index in [1.807, 2.05) is 0 Å². The van der Waals surface area contributed by atoms with Crippen LogP contribution in [0.1, 0.15) is 40.3 Å². The molecule has 1 unspecified atom stereocenters. The molecule has 0 radical (unpaired) electrons. The van der Waals surface area contributed by atoms with E-state index in [-0.39, 0.29) is 30.7 Å². The van der Waals surface area contributed by atoms with Crippen LogP contribution in [0.15, 0.2) is 54.6 Å². The van der Waals surface area contributed by atoms with Crippen LogP contribution in [0, 0.1) is 12.7 Å². The van der Waals surface area contributed by atoms with E-state index in [0.29, 0.717) is 28.2 Å². The van der Waals surface area contributed by atoms with Crippen LogP contribution in [0.4, 0.5) is 10.1 Å². The molecule has 0 saturated carbocycles. The Labute approximate surface area is 191 Å². The lowest BCUT2D eigenvalue weighted by Gasteiger charge is -2.20. The maximum Gasteiger partial charge on any atom is 0.269 e. The third kappa shape index (κ3) is 6.73. The number of halogens is 1. The molecular formula is C24H26FN5O3. The number of benzene rings is 2. The Bertz CT molecular complexity index is 1160. The Morgan fingerprint density at radius 1 is 1.09 bits per heavy atom. The van der Waals surface area contributed by atoms with Crippen molar-refractivity contribution in [1.82, 2.24) is 20.4 Å². The first-order valence-electron chi connectivity index (χ1n) is 10.4. The summed E-state index contributed by atoms with van der Waals surface area (Å²) in [6, 6.07) is 13.8. The number of hydrogen-bond acceptors (Lipinski definition) is 4. The van der Waals surface area contributed by atoms with Crippen molar-refractivity contribution in [2.45, 2.75) is 26.3 Å². The summed E-state index contributed by atoms with van der Waals surface area (Å²) in [7, 11) is 1.68. The second-order valence-corrected chi connectivity index (χ2v) is 7.73. The summed E-state index contributed by atoms with van der Waals surface area (Å²) in [4.78, 5) is 36.6. The van der Waals surface area contributed by atoms with E-state index in [0.717, 1.165) is 0 Å². The molecule has 3 N–H and O–H groups in total. The van der Waals surface area contributed by atoms with Crippen LogP contribution in [0.3, 0.4) is 0 Å². The summed E-state index contributed by atoms with van der Waals surface area (Å²) < 4.78 is 14.9. The second-order valence-electron chi connectivity index (χ2n) is 7.73. The molecule has 172 valence electrons. The first kappa shape index (κ1) is 23.6. The van der Waals surface area contributed by atoms with Crippen LogP contribution in [-0.2, 0) is 23.1 Å². The minimum absolute atomic E-state index is 0.0694. The molecule has 8 nitrogen and oxygen atoms in total. The number of nitrogens with one attached hydrogen (secondary N) is 3. The van der Waals surface area contributed by atoms with Gasteiger partial charge >= 0.3 is 0 Å². The number of hydrogen-bond donors (Lipinski definition) is 3. The fourth-order valence-electron chi connectivity index (χ4n) is 3.45. The van der Waals surface area contributed by atoms with Gasteiger partial charge in [-0.15, -0.1) is 0 Å². The molecule has 0 bridgehead atoms. The summed E-state index contributed by atoms with van der Waals surface area (Å²) in [5, 5.41) is 12.6. The van der Waals surface area contributed by atoms with Crippen LogP contribution in [0.25, 0.3) is 0 Å². The summed E-state index contributed by atoms with van der Waals surface area (Å²) in [5.74, 6) is -1.21. The first-order valence-corrected chi connectivity index (χ1v) is 10.4. The molecule has 3 aromatic rings. The van der Waals surface area contributed by atoms with E-state index in [2.05, 4.69) is 21.0 Å². The van der Waals surface area contributed by atoms with Gasteiger partial charge in [-0.05, 0) is 48.4 Å². The Kier molecular flexibility index (Phi) is 7.55. The van der Waals surface area contributed by atoms with Gasteiger partial charge in [-0.1, -0.05) is 24.3 Å². The van der Waals surface area contributed by atoms with Gasteiger partial charge in [0.25, 0.3) is 5.91 Å². The highest BCUT2D eigenvalue weighted by molar-refractivity contribution is 5.92. The molecule has 9 heteroatoms. The molecule has 3 rings (SSSR count). The van der Waals surface area contributed by atoms with Gasteiger partial charge in [0.15, 0.2) is 0 Å². The second kappa shape index (κ2) is 10.5. The molecule has 33 heavy (non-hydrogen) atoms. The van der Waals surface area contributed by atoms with Crippen molar-refractivity contribution in [3.05, 3.63) is 82.9 Å². The van der Waals surface area contributed by atoms with Crippen LogP contribution in [0.2, 0.25) is 0 Å². The Morgan fingerprint density at radius 3 is 2.45 bits per heavy atom. The molecule has 0 aliphatic rings. The standard InChI is InChI=1S/C24H26FN5O3/c1-15-11-22(30(3)29-15)24(33)26-14-21(18-7-9-19(25)10-8-18)28-23(32)13-17-5-4-6-20(12-17)27-16(2)31/h4-12,21H,13-14H2,1-3H3,(H,26,33)(H,27,31)(H,28,32). The number of amides is 3. The van der Waals surface area contributed by atoms with Gasteiger partial charge in [0.2, 0.25) is 11.8 Å². The molecule has 0 aliphatic heterocycles. The highest BCUT2D eigenvalue weighted by Gasteiger charge is 2.18. The van der Waals surface area contributed by atoms with Gasteiger partial charge in [0, 0.05) is 26.2 Å². The van der Waals surface area contributed by atoms with Gasteiger partial charge in [-0.2, -0.15) is 5.10 Å². The SMILES string of the molecule is CC(=O)Nc1cccc(CC(=O)NC(CNC(=O)c2cc(C)nn2C)c2ccc(F)cc2)c1. The van der Waals surface area contributed by atoms with E-state index in [1.165, 1.54) is 23.7 Å². The molecule has 1 aromatic heterocycles. The summed E-state index contributed by atoms with van der Waals surface area (Å²) in [6.07, 6.45) is 0.0694. The van der Waals surface area contributed by atoms with Crippen LogP contribution >= 0.6 is 0 Å². The average molecular weight is 452 g/mol. The number of anilines is 1. The predicted molar refractivity (Wildman–Crippen MR) is 122 cm³/mol. The molecule has 0 aliphatic carbocycles. The van der Waals surface area contributed by atoms with E-state index in [1.54, 1.807) is 56.4 Å². The van der Waals surface area contributed by atoms with E-state index < -0.39 is 11.9 Å². The van der Waals surface area contributed by atoms with E-state index in [9.17, 15) is 18.8 Å². The summed E-state index contributed by atoms with van der Waals surface area (Å²) in [6.45, 7) is 3.30. The zero-order valence-electron chi connectivity index (χ0n) is 18.7. The van der Waals surface area contributed by atoms with Crippen LogP contribution < -0.4 is 16.0 Å². The van der Waals surface area contributed by atoms with E-state index in [4.69, 9.17) is 0 Å². The largest absolute Gasteiger partial charge is 0.348 e. The van der Waals surface area contributed by atoms with Crippen molar-refractivity contribution in [1.29, 1.82) is 0 Å². The van der Waals surface area contributed by atoms with Crippen molar-refractivity contribution in [3.8, 4) is 0 Å². The zero-order valence-corrected chi connectivity index (χ0v) is 18.7. The first-order chi connectivity index (χ1) is 15.7. The maximum absolute atomic E-state index is 13.4. The van der Waals surface area contributed by atoms with Gasteiger partial charge in [-0.3, -0.25) is 19.1 Å². The van der Waals surface area contributed by atoms with E-state index >= 15 is 0 Å². The normalized spacial score (nSPS) is 11.5. The van der Waals surface area contributed by atoms with Crippen LogP contribution in [-0.4, -0.2) is 34.0 Å². The minimum atomic E-state index is -0.574. The van der Waals surface area contributed by atoms with Crippen LogP contribution in [0.5, 0.6) is 0 Å². The highest BCUT2D eigenvalue weighted by Crippen LogP contribution is 2.15. The lowest BCUT2D eigenvalue weighted by atomic mass is 10.1.